The molecule has 0 amide bonds. The van der Waals surface area contributed by atoms with Crippen LogP contribution in [0.4, 0.5) is 4.39 Å². The second-order valence-electron chi connectivity index (χ2n) is 10.3. The van der Waals surface area contributed by atoms with E-state index in [0.29, 0.717) is 18.3 Å². The van der Waals surface area contributed by atoms with Crippen molar-refractivity contribution < 1.29 is 9.13 Å². The number of rotatable bonds is 9. The van der Waals surface area contributed by atoms with Crippen molar-refractivity contribution in [1.29, 1.82) is 0 Å². The summed E-state index contributed by atoms with van der Waals surface area (Å²) in [7, 11) is 0. The van der Waals surface area contributed by atoms with Crippen LogP contribution >= 0.6 is 0 Å². The fourth-order valence-electron chi connectivity index (χ4n) is 6.29. The van der Waals surface area contributed by atoms with Gasteiger partial charge in [0.1, 0.15) is 18.2 Å². The first-order chi connectivity index (χ1) is 15.7. The molecule has 0 aromatic heterocycles. The van der Waals surface area contributed by atoms with Gasteiger partial charge in [-0.3, -0.25) is 0 Å². The number of hydrogen-bond acceptors (Lipinski definition) is 1. The molecule has 0 aliphatic heterocycles. The molecule has 0 radical (unpaired) electrons. The van der Waals surface area contributed by atoms with Gasteiger partial charge in [0.2, 0.25) is 0 Å². The van der Waals surface area contributed by atoms with Gasteiger partial charge in [-0.05, 0) is 85.8 Å². The van der Waals surface area contributed by atoms with Crippen molar-refractivity contribution in [2.45, 2.75) is 90.4 Å². The van der Waals surface area contributed by atoms with Crippen molar-refractivity contribution in [1.82, 2.24) is 0 Å². The Morgan fingerprint density at radius 3 is 2.66 bits per heavy atom. The van der Waals surface area contributed by atoms with Crippen molar-refractivity contribution in [2.75, 3.05) is 6.61 Å². The summed E-state index contributed by atoms with van der Waals surface area (Å²) in [6, 6.07) is 9.95. The number of allylic oxidation sites excluding steroid dienone is 1. The molecule has 4 unspecified atom stereocenters. The van der Waals surface area contributed by atoms with Crippen LogP contribution in [0.25, 0.3) is 10.8 Å². The standard InChI is InChI=1S/C30H41FO/c1-3-5-7-8-9-22-10-11-24-18-25(13-12-23(24)17-22)26-14-15-27-19-28(32-16-6-4-2)21-30(31)29(27)20-26/h4,6,14-15,19-25H,3,5,7-13,16-18H2,1-2H3/b6-4+. The summed E-state index contributed by atoms with van der Waals surface area (Å²) in [4.78, 5) is 0. The normalized spacial score (nSPS) is 25.8. The molecule has 0 heterocycles. The Morgan fingerprint density at radius 1 is 0.969 bits per heavy atom. The Kier molecular flexibility index (Phi) is 8.27. The first kappa shape index (κ1) is 23.3. The zero-order valence-corrected chi connectivity index (χ0v) is 20.1. The van der Waals surface area contributed by atoms with E-state index < -0.39 is 0 Å². The van der Waals surface area contributed by atoms with Gasteiger partial charge < -0.3 is 4.74 Å². The zero-order valence-electron chi connectivity index (χ0n) is 20.1. The van der Waals surface area contributed by atoms with Crippen molar-refractivity contribution >= 4 is 10.8 Å². The first-order valence-corrected chi connectivity index (χ1v) is 13.1. The molecule has 2 aliphatic rings. The Hall–Kier alpha value is -1.83. The van der Waals surface area contributed by atoms with Crippen LogP contribution < -0.4 is 4.74 Å². The van der Waals surface area contributed by atoms with Crippen molar-refractivity contribution in [3.05, 3.63) is 53.9 Å². The molecule has 0 N–H and O–H groups in total. The molecule has 32 heavy (non-hydrogen) atoms. The molecule has 2 fully saturated rings. The predicted molar refractivity (Wildman–Crippen MR) is 134 cm³/mol. The van der Waals surface area contributed by atoms with Crippen LogP contribution in [0.3, 0.4) is 0 Å². The van der Waals surface area contributed by atoms with Gasteiger partial charge in [-0.1, -0.05) is 69.7 Å². The minimum Gasteiger partial charge on any atom is -0.489 e. The van der Waals surface area contributed by atoms with E-state index in [4.69, 9.17) is 4.74 Å². The number of halogens is 1. The maximum Gasteiger partial charge on any atom is 0.134 e. The molecule has 2 aromatic rings. The summed E-state index contributed by atoms with van der Waals surface area (Å²) >= 11 is 0. The van der Waals surface area contributed by atoms with Crippen LogP contribution in [-0.4, -0.2) is 6.61 Å². The van der Waals surface area contributed by atoms with E-state index in [1.165, 1.54) is 82.3 Å². The van der Waals surface area contributed by atoms with Crippen molar-refractivity contribution in [2.24, 2.45) is 17.8 Å². The van der Waals surface area contributed by atoms with Crippen LogP contribution in [0.5, 0.6) is 5.75 Å². The minimum absolute atomic E-state index is 0.169. The Balaban J connectivity index is 1.37. The Labute approximate surface area is 194 Å². The lowest BCUT2D eigenvalue weighted by Crippen LogP contribution is -2.30. The first-order valence-electron chi connectivity index (χ1n) is 13.1. The number of benzene rings is 2. The summed E-state index contributed by atoms with van der Waals surface area (Å²) in [6.07, 6.45) is 19.2. The highest BCUT2D eigenvalue weighted by atomic mass is 19.1. The van der Waals surface area contributed by atoms with Crippen molar-refractivity contribution in [3.63, 3.8) is 0 Å². The molecule has 0 bridgehead atoms. The SMILES string of the molecule is C/C=C/COc1cc(F)c2cc(C3CCC4CC(CCCCCC)CCC4C3)ccc2c1. The highest BCUT2D eigenvalue weighted by Crippen LogP contribution is 2.48. The molecule has 1 nitrogen and oxygen atoms in total. The van der Waals surface area contributed by atoms with E-state index >= 15 is 0 Å². The lowest BCUT2D eigenvalue weighted by molar-refractivity contribution is 0.113. The van der Waals surface area contributed by atoms with Gasteiger partial charge in [-0.15, -0.1) is 0 Å². The molecule has 4 rings (SSSR count). The fraction of sp³-hybridized carbons (Fsp3) is 0.600. The van der Waals surface area contributed by atoms with Crippen LogP contribution in [-0.2, 0) is 0 Å². The van der Waals surface area contributed by atoms with E-state index in [1.807, 2.05) is 25.1 Å². The molecule has 2 saturated carbocycles. The average Bonchev–Trinajstić information content (AvgIpc) is 2.81. The third kappa shape index (κ3) is 5.74. The van der Waals surface area contributed by atoms with Crippen LogP contribution in [0, 0.1) is 23.6 Å². The lowest BCUT2D eigenvalue weighted by Gasteiger charge is -2.42. The van der Waals surface area contributed by atoms with Crippen LogP contribution in [0.15, 0.2) is 42.5 Å². The molecule has 2 aromatic carbocycles. The molecule has 4 atom stereocenters. The second kappa shape index (κ2) is 11.3. The quantitative estimate of drug-likeness (QED) is 0.281. The number of hydrogen-bond donors (Lipinski definition) is 0. The zero-order chi connectivity index (χ0) is 22.3. The van der Waals surface area contributed by atoms with E-state index in [1.54, 1.807) is 0 Å². The van der Waals surface area contributed by atoms with Gasteiger partial charge >= 0.3 is 0 Å². The largest absolute Gasteiger partial charge is 0.489 e. The highest BCUT2D eigenvalue weighted by Gasteiger charge is 2.35. The molecular weight excluding hydrogens is 395 g/mol. The summed E-state index contributed by atoms with van der Waals surface area (Å²) < 4.78 is 20.5. The topological polar surface area (TPSA) is 9.23 Å². The molecule has 2 aliphatic carbocycles. The summed E-state index contributed by atoms with van der Waals surface area (Å²) in [5, 5.41) is 1.67. The molecule has 2 heteroatoms. The molecular formula is C30H41FO. The highest BCUT2D eigenvalue weighted by molar-refractivity contribution is 5.85. The molecule has 0 saturated heterocycles. The van der Waals surface area contributed by atoms with E-state index in [0.717, 1.165) is 28.5 Å². The summed E-state index contributed by atoms with van der Waals surface area (Å²) in [5.74, 6) is 3.81. The maximum atomic E-state index is 14.9. The maximum absolute atomic E-state index is 14.9. The third-order valence-corrected chi connectivity index (χ3v) is 8.14. The second-order valence-corrected chi connectivity index (χ2v) is 10.3. The van der Waals surface area contributed by atoms with Gasteiger partial charge in [-0.2, -0.15) is 0 Å². The lowest BCUT2D eigenvalue weighted by atomic mass is 9.63. The summed E-state index contributed by atoms with van der Waals surface area (Å²) in [5.41, 5.74) is 1.33. The monoisotopic (exact) mass is 436 g/mol. The smallest absolute Gasteiger partial charge is 0.134 e. The number of unbranched alkanes of at least 4 members (excludes halogenated alkanes) is 3. The predicted octanol–water partition coefficient (Wildman–Crippen LogP) is 9.20. The fourth-order valence-corrected chi connectivity index (χ4v) is 6.29. The van der Waals surface area contributed by atoms with Gasteiger partial charge in [0.05, 0.1) is 0 Å². The van der Waals surface area contributed by atoms with Crippen molar-refractivity contribution in [3.8, 4) is 5.75 Å². The molecule has 0 spiro atoms. The summed E-state index contributed by atoms with van der Waals surface area (Å²) in [6.45, 7) is 4.73. The van der Waals surface area contributed by atoms with E-state index in [-0.39, 0.29) is 5.82 Å². The Bertz CT molecular complexity index is 901. The minimum atomic E-state index is -0.169. The van der Waals surface area contributed by atoms with Gasteiger partial charge in [0.15, 0.2) is 0 Å². The third-order valence-electron chi connectivity index (χ3n) is 8.14. The van der Waals surface area contributed by atoms with Gasteiger partial charge in [0, 0.05) is 11.5 Å². The Morgan fingerprint density at radius 2 is 1.81 bits per heavy atom. The van der Waals surface area contributed by atoms with Crippen LogP contribution in [0.2, 0.25) is 0 Å². The van der Waals surface area contributed by atoms with Gasteiger partial charge in [-0.25, -0.2) is 4.39 Å². The average molecular weight is 437 g/mol. The van der Waals surface area contributed by atoms with Crippen LogP contribution in [0.1, 0.15) is 96.0 Å². The number of fused-ring (bicyclic) bond motifs is 2. The van der Waals surface area contributed by atoms with E-state index in [2.05, 4.69) is 25.1 Å². The molecule has 174 valence electrons. The van der Waals surface area contributed by atoms with Gasteiger partial charge in [0.25, 0.3) is 0 Å². The van der Waals surface area contributed by atoms with E-state index in [9.17, 15) is 4.39 Å². The number of ether oxygens (including phenoxy) is 1.